The summed E-state index contributed by atoms with van der Waals surface area (Å²) in [6, 6.07) is 5.22. The summed E-state index contributed by atoms with van der Waals surface area (Å²) in [6.45, 7) is 3.86. The molecule has 0 amide bonds. The lowest BCUT2D eigenvalue weighted by Crippen LogP contribution is -2.24. The number of aryl methyl sites for hydroxylation is 1. The van der Waals surface area contributed by atoms with E-state index in [4.69, 9.17) is 0 Å². The highest BCUT2D eigenvalue weighted by Crippen LogP contribution is 2.10. The Bertz CT molecular complexity index is 382. The smallest absolute Gasteiger partial charge is 0.132 e. The molecule has 86 valence electrons. The molecule has 1 aliphatic heterocycles. The maximum absolute atomic E-state index is 13.5. The minimum absolute atomic E-state index is 0.194. The molecule has 0 radical (unpaired) electrons. The highest BCUT2D eigenvalue weighted by Gasteiger charge is 2.06. The fraction of sp³-hybridized carbons (Fsp3) is 0.462. The normalized spacial score (nSPS) is 17.0. The van der Waals surface area contributed by atoms with Gasteiger partial charge in [-0.25, -0.2) is 4.39 Å². The van der Waals surface area contributed by atoms with Crippen LogP contribution < -0.4 is 0 Å². The van der Waals surface area contributed by atoms with Crippen LogP contribution >= 0.6 is 0 Å². The molecule has 0 spiro atoms. The summed E-state index contributed by atoms with van der Waals surface area (Å²) in [7, 11) is 0. The van der Waals surface area contributed by atoms with Crippen molar-refractivity contribution in [1.29, 1.82) is 0 Å². The van der Waals surface area contributed by atoms with Gasteiger partial charge in [0.25, 0.3) is 0 Å². The van der Waals surface area contributed by atoms with Crippen LogP contribution in [-0.4, -0.2) is 24.3 Å². The number of rotatable bonds is 2. The van der Waals surface area contributed by atoms with Crippen LogP contribution in [0.1, 0.15) is 30.4 Å². The third kappa shape index (κ3) is 2.81. The molecule has 0 aliphatic carbocycles. The van der Waals surface area contributed by atoms with E-state index in [-0.39, 0.29) is 5.82 Å². The summed E-state index contributed by atoms with van der Waals surface area (Å²) < 4.78 is 13.5. The second kappa shape index (κ2) is 5.10. The lowest BCUT2D eigenvalue weighted by atomic mass is 10.1. The van der Waals surface area contributed by atoms with Crippen LogP contribution in [0.15, 0.2) is 23.3 Å². The molecule has 1 fully saturated rings. The van der Waals surface area contributed by atoms with E-state index in [0.29, 0.717) is 5.56 Å². The molecule has 1 heterocycles. The lowest BCUT2D eigenvalue weighted by molar-refractivity contribution is 0.240. The summed E-state index contributed by atoms with van der Waals surface area (Å²) in [5, 5.41) is 6.33. The lowest BCUT2D eigenvalue weighted by Gasteiger charge is -2.23. The Balaban J connectivity index is 2.04. The average Bonchev–Trinajstić information content (AvgIpc) is 2.29. The van der Waals surface area contributed by atoms with Gasteiger partial charge in [-0.15, -0.1) is 0 Å². The SMILES string of the molecule is Cc1ccc(/C=N/N2CCCCC2)c(F)c1. The molecule has 2 rings (SSSR count). The number of benzene rings is 1. The van der Waals surface area contributed by atoms with Gasteiger partial charge >= 0.3 is 0 Å². The molecule has 0 bridgehead atoms. The topological polar surface area (TPSA) is 15.6 Å². The molecule has 0 N–H and O–H groups in total. The van der Waals surface area contributed by atoms with E-state index in [1.165, 1.54) is 25.3 Å². The quantitative estimate of drug-likeness (QED) is 0.700. The second-order valence-electron chi connectivity index (χ2n) is 4.28. The molecule has 0 aromatic heterocycles. The third-order valence-electron chi connectivity index (χ3n) is 2.85. The summed E-state index contributed by atoms with van der Waals surface area (Å²) in [4.78, 5) is 0. The number of hydrazone groups is 1. The Kier molecular flexibility index (Phi) is 3.54. The van der Waals surface area contributed by atoms with Crippen LogP contribution in [-0.2, 0) is 0 Å². The maximum atomic E-state index is 13.5. The van der Waals surface area contributed by atoms with Gasteiger partial charge in [0.05, 0.1) is 6.21 Å². The summed E-state index contributed by atoms with van der Waals surface area (Å²) in [6.07, 6.45) is 5.28. The number of hydrogen-bond acceptors (Lipinski definition) is 2. The molecule has 0 atom stereocenters. The molecular weight excluding hydrogens is 203 g/mol. The van der Waals surface area contributed by atoms with E-state index >= 15 is 0 Å². The monoisotopic (exact) mass is 220 g/mol. The fourth-order valence-corrected chi connectivity index (χ4v) is 1.87. The first-order valence-corrected chi connectivity index (χ1v) is 5.81. The van der Waals surface area contributed by atoms with Crippen LogP contribution in [0.5, 0.6) is 0 Å². The predicted molar refractivity (Wildman–Crippen MR) is 64.2 cm³/mol. The van der Waals surface area contributed by atoms with Crippen molar-refractivity contribution in [3.05, 3.63) is 35.1 Å². The average molecular weight is 220 g/mol. The molecule has 1 aromatic carbocycles. The minimum Gasteiger partial charge on any atom is -0.297 e. The van der Waals surface area contributed by atoms with Crippen LogP contribution in [0.2, 0.25) is 0 Å². The molecule has 0 saturated carbocycles. The Hall–Kier alpha value is -1.38. The summed E-state index contributed by atoms with van der Waals surface area (Å²) in [5.74, 6) is -0.194. The minimum atomic E-state index is -0.194. The molecule has 16 heavy (non-hydrogen) atoms. The van der Waals surface area contributed by atoms with Crippen molar-refractivity contribution in [2.45, 2.75) is 26.2 Å². The van der Waals surface area contributed by atoms with Crippen LogP contribution in [0, 0.1) is 12.7 Å². The predicted octanol–water partition coefficient (Wildman–Crippen LogP) is 2.95. The van der Waals surface area contributed by atoms with E-state index in [0.717, 1.165) is 18.7 Å². The summed E-state index contributed by atoms with van der Waals surface area (Å²) >= 11 is 0. The molecule has 1 aliphatic rings. The van der Waals surface area contributed by atoms with Gasteiger partial charge in [0, 0.05) is 18.7 Å². The maximum Gasteiger partial charge on any atom is 0.132 e. The Morgan fingerprint density at radius 1 is 1.25 bits per heavy atom. The highest BCUT2D eigenvalue weighted by molar-refractivity contribution is 5.79. The number of nitrogens with zero attached hydrogens (tertiary/aromatic N) is 2. The number of hydrogen-bond donors (Lipinski definition) is 0. The first-order chi connectivity index (χ1) is 7.75. The van der Waals surface area contributed by atoms with Crippen molar-refractivity contribution >= 4 is 6.21 Å². The highest BCUT2D eigenvalue weighted by atomic mass is 19.1. The van der Waals surface area contributed by atoms with Gasteiger partial charge in [-0.2, -0.15) is 5.10 Å². The number of halogens is 1. The molecular formula is C13H17FN2. The van der Waals surface area contributed by atoms with Crippen molar-refractivity contribution < 1.29 is 4.39 Å². The molecule has 1 aromatic rings. The van der Waals surface area contributed by atoms with Gasteiger partial charge < -0.3 is 0 Å². The van der Waals surface area contributed by atoms with Crippen molar-refractivity contribution in [3.8, 4) is 0 Å². The van der Waals surface area contributed by atoms with Crippen molar-refractivity contribution in [1.82, 2.24) is 5.01 Å². The second-order valence-corrected chi connectivity index (χ2v) is 4.28. The van der Waals surface area contributed by atoms with Crippen LogP contribution in [0.4, 0.5) is 4.39 Å². The van der Waals surface area contributed by atoms with Gasteiger partial charge in [-0.3, -0.25) is 5.01 Å². The first kappa shape index (κ1) is 11.1. The Morgan fingerprint density at radius 2 is 2.00 bits per heavy atom. The van der Waals surface area contributed by atoms with Crippen molar-refractivity contribution in [2.75, 3.05) is 13.1 Å². The van der Waals surface area contributed by atoms with E-state index in [9.17, 15) is 4.39 Å². The zero-order chi connectivity index (χ0) is 11.4. The van der Waals surface area contributed by atoms with E-state index < -0.39 is 0 Å². The Labute approximate surface area is 95.8 Å². The largest absolute Gasteiger partial charge is 0.297 e. The van der Waals surface area contributed by atoms with Crippen LogP contribution in [0.25, 0.3) is 0 Å². The molecule has 0 unspecified atom stereocenters. The van der Waals surface area contributed by atoms with Gasteiger partial charge in [-0.1, -0.05) is 12.1 Å². The number of piperidine rings is 1. The Morgan fingerprint density at radius 3 is 2.69 bits per heavy atom. The van der Waals surface area contributed by atoms with Gasteiger partial charge in [0.15, 0.2) is 0 Å². The van der Waals surface area contributed by atoms with E-state index in [1.807, 2.05) is 18.0 Å². The summed E-state index contributed by atoms with van der Waals surface area (Å²) in [5.41, 5.74) is 1.50. The van der Waals surface area contributed by atoms with E-state index in [2.05, 4.69) is 5.10 Å². The molecule has 2 nitrogen and oxygen atoms in total. The molecule has 1 saturated heterocycles. The first-order valence-electron chi connectivity index (χ1n) is 5.81. The van der Waals surface area contributed by atoms with Gasteiger partial charge in [-0.05, 0) is 37.8 Å². The zero-order valence-electron chi connectivity index (χ0n) is 9.62. The van der Waals surface area contributed by atoms with Gasteiger partial charge in [0.1, 0.15) is 5.82 Å². The third-order valence-corrected chi connectivity index (χ3v) is 2.85. The fourth-order valence-electron chi connectivity index (χ4n) is 1.87. The molecule has 3 heteroatoms. The van der Waals surface area contributed by atoms with Crippen molar-refractivity contribution in [3.63, 3.8) is 0 Å². The standard InChI is InChI=1S/C13H17FN2/c1-11-5-6-12(13(14)9-11)10-15-16-7-3-2-4-8-16/h5-6,9-10H,2-4,7-8H2,1H3/b15-10+. The van der Waals surface area contributed by atoms with E-state index in [1.54, 1.807) is 12.3 Å². The van der Waals surface area contributed by atoms with Crippen LogP contribution in [0.3, 0.4) is 0 Å². The zero-order valence-corrected chi connectivity index (χ0v) is 9.62. The van der Waals surface area contributed by atoms with Gasteiger partial charge in [0.2, 0.25) is 0 Å². The van der Waals surface area contributed by atoms with Crippen molar-refractivity contribution in [2.24, 2.45) is 5.10 Å².